The van der Waals surface area contributed by atoms with Crippen LogP contribution in [-0.2, 0) is 13.0 Å². The summed E-state index contributed by atoms with van der Waals surface area (Å²) in [5, 5.41) is 9.85. The third-order valence-corrected chi connectivity index (χ3v) is 3.89. The van der Waals surface area contributed by atoms with Crippen LogP contribution in [0.1, 0.15) is 21.5 Å². The topological polar surface area (TPSA) is 49.8 Å². The predicted molar refractivity (Wildman–Crippen MR) is 79.5 cm³/mol. The number of phenolic OH excluding ortho intramolecular Hbond substituents is 1. The predicted octanol–water partition coefficient (Wildman–Crippen LogP) is 2.74. The van der Waals surface area contributed by atoms with Crippen molar-refractivity contribution in [3.8, 4) is 11.5 Å². The number of fused-ring (bicyclic) bond motifs is 1. The van der Waals surface area contributed by atoms with Crippen molar-refractivity contribution in [2.24, 2.45) is 0 Å². The Kier molecular flexibility index (Phi) is 3.71. The Bertz CT molecular complexity index is 730. The van der Waals surface area contributed by atoms with E-state index in [1.165, 1.54) is 19.2 Å². The monoisotopic (exact) mass is 301 g/mol. The first kappa shape index (κ1) is 14.4. The summed E-state index contributed by atoms with van der Waals surface area (Å²) in [5.41, 5.74) is 1.77. The number of ether oxygens (including phenoxy) is 1. The normalized spacial score (nSPS) is 13.9. The molecule has 0 bridgehead atoms. The van der Waals surface area contributed by atoms with E-state index in [4.69, 9.17) is 4.74 Å². The molecule has 0 atom stereocenters. The second-order valence-corrected chi connectivity index (χ2v) is 5.25. The van der Waals surface area contributed by atoms with Gasteiger partial charge in [0.25, 0.3) is 5.91 Å². The third kappa shape index (κ3) is 2.50. The van der Waals surface area contributed by atoms with Crippen LogP contribution in [0.4, 0.5) is 4.39 Å². The van der Waals surface area contributed by atoms with E-state index in [2.05, 4.69) is 0 Å². The summed E-state index contributed by atoms with van der Waals surface area (Å²) >= 11 is 0. The van der Waals surface area contributed by atoms with Gasteiger partial charge in [-0.25, -0.2) is 4.39 Å². The van der Waals surface area contributed by atoms with Gasteiger partial charge in [-0.05, 0) is 30.2 Å². The summed E-state index contributed by atoms with van der Waals surface area (Å²) in [6, 6.07) is 9.53. The first-order chi connectivity index (χ1) is 10.6. The van der Waals surface area contributed by atoms with Gasteiger partial charge in [-0.15, -0.1) is 0 Å². The Morgan fingerprint density at radius 3 is 2.82 bits per heavy atom. The molecule has 1 heterocycles. The molecule has 0 radical (unpaired) electrons. The molecule has 1 aliphatic heterocycles. The van der Waals surface area contributed by atoms with Gasteiger partial charge < -0.3 is 14.7 Å². The smallest absolute Gasteiger partial charge is 0.254 e. The number of carbonyl (C=O) groups is 1. The SMILES string of the molecule is COc1cc2c(cc1O)C(=O)N(Cc1ccccc1F)CC2. The van der Waals surface area contributed by atoms with Crippen molar-refractivity contribution < 1.29 is 19.0 Å². The van der Waals surface area contributed by atoms with Crippen LogP contribution in [0.25, 0.3) is 0 Å². The second kappa shape index (κ2) is 5.67. The van der Waals surface area contributed by atoms with E-state index in [9.17, 15) is 14.3 Å². The molecule has 0 aromatic heterocycles. The fraction of sp³-hybridized carbons (Fsp3) is 0.235. The molecule has 1 amide bonds. The molecule has 0 saturated carbocycles. The van der Waals surface area contributed by atoms with E-state index in [1.807, 2.05) is 0 Å². The van der Waals surface area contributed by atoms with Gasteiger partial charge in [0.05, 0.1) is 7.11 Å². The highest BCUT2D eigenvalue weighted by Crippen LogP contribution is 2.32. The standard InChI is InChI=1S/C17H16FNO3/c1-22-16-8-11-6-7-19(17(21)13(11)9-15(16)20)10-12-4-2-3-5-14(12)18/h2-5,8-9,20H,6-7,10H2,1H3. The Labute approximate surface area is 127 Å². The molecular formula is C17H16FNO3. The number of hydrogen-bond acceptors (Lipinski definition) is 3. The summed E-state index contributed by atoms with van der Waals surface area (Å²) in [6.45, 7) is 0.728. The van der Waals surface area contributed by atoms with Crippen molar-refractivity contribution in [2.45, 2.75) is 13.0 Å². The largest absolute Gasteiger partial charge is 0.504 e. The molecule has 22 heavy (non-hydrogen) atoms. The number of aromatic hydroxyl groups is 1. The number of phenols is 1. The molecular weight excluding hydrogens is 285 g/mol. The number of benzene rings is 2. The first-order valence-corrected chi connectivity index (χ1v) is 7.02. The zero-order valence-corrected chi connectivity index (χ0v) is 12.2. The summed E-state index contributed by atoms with van der Waals surface area (Å²) in [6.07, 6.45) is 0.645. The summed E-state index contributed by atoms with van der Waals surface area (Å²) in [7, 11) is 1.47. The van der Waals surface area contributed by atoms with Gasteiger partial charge in [0, 0.05) is 24.2 Å². The van der Waals surface area contributed by atoms with Crippen LogP contribution in [0.2, 0.25) is 0 Å². The zero-order chi connectivity index (χ0) is 15.7. The Morgan fingerprint density at radius 2 is 2.09 bits per heavy atom. The average Bonchev–Trinajstić information content (AvgIpc) is 2.52. The maximum Gasteiger partial charge on any atom is 0.254 e. The molecule has 3 rings (SSSR count). The average molecular weight is 301 g/mol. The molecule has 5 heteroatoms. The number of methoxy groups -OCH3 is 1. The number of halogens is 1. The Balaban J connectivity index is 1.88. The van der Waals surface area contributed by atoms with E-state index in [-0.39, 0.29) is 24.0 Å². The van der Waals surface area contributed by atoms with Crippen LogP contribution in [0.5, 0.6) is 11.5 Å². The highest BCUT2D eigenvalue weighted by Gasteiger charge is 2.26. The van der Waals surface area contributed by atoms with Gasteiger partial charge in [-0.1, -0.05) is 18.2 Å². The van der Waals surface area contributed by atoms with Gasteiger partial charge in [0.2, 0.25) is 0 Å². The van der Waals surface area contributed by atoms with E-state index in [0.717, 1.165) is 5.56 Å². The molecule has 0 fully saturated rings. The van der Waals surface area contributed by atoms with E-state index < -0.39 is 0 Å². The van der Waals surface area contributed by atoms with Gasteiger partial charge in [0.1, 0.15) is 5.82 Å². The number of hydrogen-bond donors (Lipinski definition) is 1. The zero-order valence-electron chi connectivity index (χ0n) is 12.2. The van der Waals surface area contributed by atoms with Gasteiger partial charge >= 0.3 is 0 Å². The van der Waals surface area contributed by atoms with Gasteiger partial charge in [0.15, 0.2) is 11.5 Å². The summed E-state index contributed by atoms with van der Waals surface area (Å²) in [5.74, 6) is -0.238. The second-order valence-electron chi connectivity index (χ2n) is 5.25. The molecule has 2 aromatic rings. The molecule has 0 unspecified atom stereocenters. The Morgan fingerprint density at radius 1 is 1.32 bits per heavy atom. The summed E-state index contributed by atoms with van der Waals surface area (Å²) in [4.78, 5) is 14.1. The fourth-order valence-corrected chi connectivity index (χ4v) is 2.69. The van der Waals surface area contributed by atoms with Crippen molar-refractivity contribution >= 4 is 5.91 Å². The van der Waals surface area contributed by atoms with E-state index in [1.54, 1.807) is 29.2 Å². The minimum Gasteiger partial charge on any atom is -0.504 e. The molecule has 1 N–H and O–H groups in total. The molecule has 2 aromatic carbocycles. The molecule has 0 aliphatic carbocycles. The van der Waals surface area contributed by atoms with Crippen molar-refractivity contribution in [3.05, 3.63) is 58.9 Å². The van der Waals surface area contributed by atoms with Crippen molar-refractivity contribution in [2.75, 3.05) is 13.7 Å². The van der Waals surface area contributed by atoms with Crippen molar-refractivity contribution in [1.29, 1.82) is 0 Å². The quantitative estimate of drug-likeness (QED) is 0.948. The van der Waals surface area contributed by atoms with E-state index >= 15 is 0 Å². The van der Waals surface area contributed by atoms with Crippen LogP contribution >= 0.6 is 0 Å². The van der Waals surface area contributed by atoms with Crippen molar-refractivity contribution in [3.63, 3.8) is 0 Å². The van der Waals surface area contributed by atoms with Crippen LogP contribution in [0.3, 0.4) is 0 Å². The van der Waals surface area contributed by atoms with Crippen LogP contribution in [-0.4, -0.2) is 29.6 Å². The highest BCUT2D eigenvalue weighted by atomic mass is 19.1. The van der Waals surface area contributed by atoms with E-state index in [0.29, 0.717) is 29.8 Å². The number of rotatable bonds is 3. The molecule has 114 valence electrons. The van der Waals surface area contributed by atoms with Crippen LogP contribution in [0, 0.1) is 5.82 Å². The molecule has 0 saturated heterocycles. The number of amides is 1. The van der Waals surface area contributed by atoms with Gasteiger partial charge in [-0.3, -0.25) is 4.79 Å². The lowest BCUT2D eigenvalue weighted by Crippen LogP contribution is -2.37. The minimum atomic E-state index is -0.321. The van der Waals surface area contributed by atoms with Gasteiger partial charge in [-0.2, -0.15) is 0 Å². The lowest BCUT2D eigenvalue weighted by Gasteiger charge is -2.29. The number of carbonyl (C=O) groups excluding carboxylic acids is 1. The minimum absolute atomic E-state index is 0.0673. The van der Waals surface area contributed by atoms with Crippen molar-refractivity contribution in [1.82, 2.24) is 4.90 Å². The lowest BCUT2D eigenvalue weighted by molar-refractivity contribution is 0.0724. The van der Waals surface area contributed by atoms with Crippen LogP contribution < -0.4 is 4.74 Å². The number of nitrogens with zero attached hydrogens (tertiary/aromatic N) is 1. The third-order valence-electron chi connectivity index (χ3n) is 3.89. The maximum absolute atomic E-state index is 13.7. The lowest BCUT2D eigenvalue weighted by atomic mass is 9.97. The molecule has 0 spiro atoms. The first-order valence-electron chi connectivity index (χ1n) is 7.02. The fourth-order valence-electron chi connectivity index (χ4n) is 2.69. The van der Waals surface area contributed by atoms with Crippen LogP contribution in [0.15, 0.2) is 36.4 Å². The molecule has 1 aliphatic rings. The summed E-state index contributed by atoms with van der Waals surface area (Å²) < 4.78 is 18.8. The Hall–Kier alpha value is -2.56. The molecule has 4 nitrogen and oxygen atoms in total. The maximum atomic E-state index is 13.7. The highest BCUT2D eigenvalue weighted by molar-refractivity contribution is 5.97.